The Balaban J connectivity index is 1.79. The molecule has 0 aliphatic carbocycles. The summed E-state index contributed by atoms with van der Waals surface area (Å²) in [6.45, 7) is 7.28. The van der Waals surface area contributed by atoms with Crippen molar-refractivity contribution in [2.45, 2.75) is 26.4 Å². The number of aryl methyl sites for hydroxylation is 1. The van der Waals surface area contributed by atoms with E-state index >= 15 is 0 Å². The maximum absolute atomic E-state index is 5.63. The number of nitrogens with one attached hydrogen (secondary N) is 1. The molecule has 0 spiro atoms. The summed E-state index contributed by atoms with van der Waals surface area (Å²) in [5.74, 6) is 0.931. The summed E-state index contributed by atoms with van der Waals surface area (Å²) < 4.78 is 7.64. The minimum Gasteiger partial charge on any atom is -0.377 e. The normalized spacial score (nSPS) is 17.2. The van der Waals surface area contributed by atoms with Crippen LogP contribution in [0.5, 0.6) is 0 Å². The molecule has 0 radical (unpaired) electrons. The third kappa shape index (κ3) is 3.05. The second-order valence-electron chi connectivity index (χ2n) is 7.20. The standard InChI is InChI=1S/C21H23N7O/c1-3-28-18(6-9-24-28)16-12-19(27-10-11-29-13-14(27)2)25-20-15(16)4-7-22-21(20)17-5-8-23-26-17/h4-9,12,14H,3,10-11,13H2,1-2H3,(H,23,26)/t14-/m1/s1. The van der Waals surface area contributed by atoms with Crippen LogP contribution in [0, 0.1) is 0 Å². The van der Waals surface area contributed by atoms with Gasteiger partial charge in [-0.05, 0) is 38.1 Å². The van der Waals surface area contributed by atoms with E-state index in [1.54, 1.807) is 6.20 Å². The van der Waals surface area contributed by atoms with Crippen LogP contribution in [-0.4, -0.2) is 55.7 Å². The lowest BCUT2D eigenvalue weighted by atomic mass is 10.0. The van der Waals surface area contributed by atoms with E-state index in [4.69, 9.17) is 9.72 Å². The first-order valence-electron chi connectivity index (χ1n) is 9.92. The second-order valence-corrected chi connectivity index (χ2v) is 7.20. The van der Waals surface area contributed by atoms with Crippen LogP contribution in [0.1, 0.15) is 13.8 Å². The van der Waals surface area contributed by atoms with Crippen LogP contribution in [0.2, 0.25) is 0 Å². The van der Waals surface area contributed by atoms with E-state index in [2.05, 4.69) is 51.2 Å². The number of nitrogens with zero attached hydrogens (tertiary/aromatic N) is 6. The molecule has 5 rings (SSSR count). The van der Waals surface area contributed by atoms with E-state index in [1.807, 2.05) is 29.2 Å². The van der Waals surface area contributed by atoms with Crippen LogP contribution in [0.15, 0.2) is 42.9 Å². The van der Waals surface area contributed by atoms with Gasteiger partial charge in [-0.2, -0.15) is 10.2 Å². The van der Waals surface area contributed by atoms with Gasteiger partial charge in [-0.15, -0.1) is 0 Å². The highest BCUT2D eigenvalue weighted by atomic mass is 16.5. The van der Waals surface area contributed by atoms with Gasteiger partial charge in [0.1, 0.15) is 17.0 Å². The Labute approximate surface area is 168 Å². The lowest BCUT2D eigenvalue weighted by Crippen LogP contribution is -2.44. The fraction of sp³-hybridized carbons (Fsp3) is 0.333. The molecular formula is C21H23N7O. The summed E-state index contributed by atoms with van der Waals surface area (Å²) in [6.07, 6.45) is 5.41. The maximum atomic E-state index is 5.63. The summed E-state index contributed by atoms with van der Waals surface area (Å²) in [5, 5.41) is 12.6. The van der Waals surface area contributed by atoms with Crippen molar-refractivity contribution in [1.29, 1.82) is 0 Å². The van der Waals surface area contributed by atoms with Crippen LogP contribution < -0.4 is 4.90 Å². The van der Waals surface area contributed by atoms with Crippen LogP contribution in [0.25, 0.3) is 33.5 Å². The predicted octanol–water partition coefficient (Wildman–Crippen LogP) is 3.13. The number of anilines is 1. The van der Waals surface area contributed by atoms with Crippen molar-refractivity contribution in [3.63, 3.8) is 0 Å². The molecule has 0 amide bonds. The molecule has 1 fully saturated rings. The summed E-state index contributed by atoms with van der Waals surface area (Å²) in [5.41, 5.74) is 4.68. The summed E-state index contributed by atoms with van der Waals surface area (Å²) >= 11 is 0. The molecule has 0 saturated carbocycles. The molecule has 8 nitrogen and oxygen atoms in total. The molecule has 0 bridgehead atoms. The minimum absolute atomic E-state index is 0.255. The van der Waals surface area contributed by atoms with Gasteiger partial charge in [0.25, 0.3) is 0 Å². The van der Waals surface area contributed by atoms with Gasteiger partial charge >= 0.3 is 0 Å². The summed E-state index contributed by atoms with van der Waals surface area (Å²) in [4.78, 5) is 12.0. The SMILES string of the molecule is CCn1nccc1-c1cc(N2CCOC[C@H]2C)nc2c(-c3ccn[nH]3)nccc12. The van der Waals surface area contributed by atoms with Crippen molar-refractivity contribution in [2.24, 2.45) is 0 Å². The molecule has 0 unspecified atom stereocenters. The van der Waals surface area contributed by atoms with Crippen molar-refractivity contribution in [3.05, 3.63) is 42.9 Å². The average Bonchev–Trinajstić information content (AvgIpc) is 3.45. The zero-order valence-corrected chi connectivity index (χ0v) is 16.5. The minimum atomic E-state index is 0.255. The van der Waals surface area contributed by atoms with Gasteiger partial charge in [-0.3, -0.25) is 14.8 Å². The Morgan fingerprint density at radius 2 is 2.14 bits per heavy atom. The van der Waals surface area contributed by atoms with Gasteiger partial charge in [0.15, 0.2) is 0 Å². The first-order chi connectivity index (χ1) is 14.3. The molecule has 4 aromatic heterocycles. The molecule has 1 aliphatic heterocycles. The second kappa shape index (κ2) is 7.29. The maximum Gasteiger partial charge on any atom is 0.130 e. The van der Waals surface area contributed by atoms with Crippen molar-refractivity contribution in [1.82, 2.24) is 29.9 Å². The number of rotatable bonds is 4. The fourth-order valence-electron chi connectivity index (χ4n) is 3.96. The number of morpholine rings is 1. The Morgan fingerprint density at radius 3 is 2.93 bits per heavy atom. The number of pyridine rings is 2. The van der Waals surface area contributed by atoms with Gasteiger partial charge in [-0.1, -0.05) is 0 Å². The zero-order valence-electron chi connectivity index (χ0n) is 16.5. The fourth-order valence-corrected chi connectivity index (χ4v) is 3.96. The van der Waals surface area contributed by atoms with E-state index in [9.17, 15) is 0 Å². The molecule has 1 aliphatic rings. The molecule has 4 aromatic rings. The molecule has 0 aromatic carbocycles. The average molecular weight is 389 g/mol. The van der Waals surface area contributed by atoms with E-state index in [-0.39, 0.29) is 6.04 Å². The lowest BCUT2D eigenvalue weighted by molar-refractivity contribution is 0.0986. The van der Waals surface area contributed by atoms with Gasteiger partial charge in [-0.25, -0.2) is 4.98 Å². The molecule has 1 N–H and O–H groups in total. The molecule has 5 heterocycles. The number of fused-ring (bicyclic) bond motifs is 1. The Kier molecular flexibility index (Phi) is 4.48. The number of hydrogen-bond donors (Lipinski definition) is 1. The monoisotopic (exact) mass is 389 g/mol. The zero-order chi connectivity index (χ0) is 19.8. The van der Waals surface area contributed by atoms with Gasteiger partial charge in [0, 0.05) is 42.6 Å². The topological polar surface area (TPSA) is 84.8 Å². The van der Waals surface area contributed by atoms with E-state index in [0.717, 1.165) is 52.5 Å². The quantitative estimate of drug-likeness (QED) is 0.577. The largest absolute Gasteiger partial charge is 0.377 e. The van der Waals surface area contributed by atoms with Crippen molar-refractivity contribution in [3.8, 4) is 22.6 Å². The van der Waals surface area contributed by atoms with E-state index in [0.29, 0.717) is 13.2 Å². The van der Waals surface area contributed by atoms with E-state index < -0.39 is 0 Å². The van der Waals surface area contributed by atoms with Crippen molar-refractivity contribution >= 4 is 16.7 Å². The molecule has 8 heteroatoms. The smallest absolute Gasteiger partial charge is 0.130 e. The molecule has 148 valence electrons. The Bertz CT molecular complexity index is 1140. The van der Waals surface area contributed by atoms with Crippen molar-refractivity contribution in [2.75, 3.05) is 24.7 Å². The van der Waals surface area contributed by atoms with Crippen LogP contribution >= 0.6 is 0 Å². The summed E-state index contributed by atoms with van der Waals surface area (Å²) in [7, 11) is 0. The predicted molar refractivity (Wildman–Crippen MR) is 112 cm³/mol. The van der Waals surface area contributed by atoms with Gasteiger partial charge < -0.3 is 9.64 Å². The molecule has 1 saturated heterocycles. The molecule has 1 atom stereocenters. The highest BCUT2D eigenvalue weighted by molar-refractivity contribution is 6.01. The van der Waals surface area contributed by atoms with Gasteiger partial charge in [0.05, 0.1) is 30.6 Å². The molecule has 29 heavy (non-hydrogen) atoms. The Morgan fingerprint density at radius 1 is 1.21 bits per heavy atom. The number of hydrogen-bond acceptors (Lipinski definition) is 6. The Hall–Kier alpha value is -3.26. The third-order valence-corrected chi connectivity index (χ3v) is 5.42. The van der Waals surface area contributed by atoms with Crippen molar-refractivity contribution < 1.29 is 4.74 Å². The van der Waals surface area contributed by atoms with Gasteiger partial charge in [0.2, 0.25) is 0 Å². The highest BCUT2D eigenvalue weighted by Gasteiger charge is 2.23. The van der Waals surface area contributed by atoms with Crippen LogP contribution in [0.4, 0.5) is 5.82 Å². The van der Waals surface area contributed by atoms with E-state index in [1.165, 1.54) is 0 Å². The number of H-pyrrole nitrogens is 1. The van der Waals surface area contributed by atoms with Crippen LogP contribution in [0.3, 0.4) is 0 Å². The highest BCUT2D eigenvalue weighted by Crippen LogP contribution is 2.35. The number of aromatic nitrogens is 6. The number of ether oxygens (including phenoxy) is 1. The first-order valence-corrected chi connectivity index (χ1v) is 9.92. The summed E-state index contributed by atoms with van der Waals surface area (Å²) in [6, 6.07) is 8.43. The lowest BCUT2D eigenvalue weighted by Gasteiger charge is -2.34. The third-order valence-electron chi connectivity index (χ3n) is 5.42. The first kappa shape index (κ1) is 17.8. The van der Waals surface area contributed by atoms with Crippen LogP contribution in [-0.2, 0) is 11.3 Å². The molecular weight excluding hydrogens is 366 g/mol. The number of aromatic amines is 1.